The van der Waals surface area contributed by atoms with Crippen molar-refractivity contribution in [3.63, 3.8) is 0 Å². The lowest BCUT2D eigenvalue weighted by molar-refractivity contribution is -0.114. The van der Waals surface area contributed by atoms with E-state index in [1.54, 1.807) is 0 Å². The van der Waals surface area contributed by atoms with Crippen molar-refractivity contribution in [1.82, 2.24) is 9.97 Å². The number of aryl methyl sites for hydroxylation is 1. The van der Waals surface area contributed by atoms with Crippen LogP contribution in [-0.4, -0.2) is 21.9 Å². The second-order valence-corrected chi connectivity index (χ2v) is 7.25. The molecular formula is C23H27N5O. The number of aromatic nitrogens is 2. The van der Waals surface area contributed by atoms with Crippen molar-refractivity contribution in [3.05, 3.63) is 72.1 Å². The zero-order chi connectivity index (χ0) is 20.8. The third-order valence-electron chi connectivity index (χ3n) is 4.42. The van der Waals surface area contributed by atoms with Crippen LogP contribution in [0.3, 0.4) is 0 Å². The van der Waals surface area contributed by atoms with Crippen molar-refractivity contribution in [2.45, 2.75) is 40.3 Å². The number of hydrogen-bond acceptors (Lipinski definition) is 5. The number of amides is 1. The van der Waals surface area contributed by atoms with Crippen LogP contribution in [0, 0.1) is 6.92 Å². The molecule has 1 heterocycles. The molecule has 3 rings (SSSR count). The number of rotatable bonds is 7. The third-order valence-corrected chi connectivity index (χ3v) is 4.42. The Balaban J connectivity index is 1.81. The standard InChI is InChI=1S/C23H27N5O/c1-16(2)28(15-19-8-6-5-7-9-19)23-14-22(24-17(3)25-23)27-21-12-10-20(11-13-21)26-18(4)29/h5-14,16H,15H2,1-4H3,(H,26,29)(H,24,25,27). The molecule has 0 atom stereocenters. The number of benzene rings is 2. The van der Waals surface area contributed by atoms with Crippen LogP contribution in [0.25, 0.3) is 0 Å². The predicted octanol–water partition coefficient (Wildman–Crippen LogP) is 4.90. The second-order valence-electron chi connectivity index (χ2n) is 7.25. The maximum Gasteiger partial charge on any atom is 0.221 e. The van der Waals surface area contributed by atoms with E-state index in [9.17, 15) is 4.79 Å². The van der Waals surface area contributed by atoms with Crippen LogP contribution >= 0.6 is 0 Å². The Morgan fingerprint density at radius 1 is 1.00 bits per heavy atom. The molecule has 6 heteroatoms. The lowest BCUT2D eigenvalue weighted by atomic mass is 10.2. The van der Waals surface area contributed by atoms with Gasteiger partial charge in [0.05, 0.1) is 0 Å². The largest absolute Gasteiger partial charge is 0.350 e. The first-order chi connectivity index (χ1) is 13.9. The molecule has 6 nitrogen and oxygen atoms in total. The van der Waals surface area contributed by atoms with Crippen LogP contribution in [0.4, 0.5) is 23.0 Å². The highest BCUT2D eigenvalue weighted by Gasteiger charge is 2.15. The fourth-order valence-electron chi connectivity index (χ4n) is 3.06. The van der Waals surface area contributed by atoms with Gasteiger partial charge in [0, 0.05) is 37.0 Å². The van der Waals surface area contributed by atoms with Gasteiger partial charge in [0.1, 0.15) is 17.5 Å². The molecule has 0 aliphatic rings. The number of nitrogens with zero attached hydrogens (tertiary/aromatic N) is 3. The molecule has 3 aromatic rings. The van der Waals surface area contributed by atoms with Gasteiger partial charge in [0.25, 0.3) is 0 Å². The summed E-state index contributed by atoms with van der Waals surface area (Å²) >= 11 is 0. The number of anilines is 4. The third kappa shape index (κ3) is 5.78. The van der Waals surface area contributed by atoms with Gasteiger partial charge in [-0.3, -0.25) is 4.79 Å². The molecule has 0 aliphatic heterocycles. The van der Waals surface area contributed by atoms with Gasteiger partial charge in [0.2, 0.25) is 5.91 Å². The summed E-state index contributed by atoms with van der Waals surface area (Å²) in [6.45, 7) is 8.49. The Hall–Kier alpha value is -3.41. The average Bonchev–Trinajstić information content (AvgIpc) is 2.67. The van der Waals surface area contributed by atoms with E-state index in [1.165, 1.54) is 12.5 Å². The Labute approximate surface area is 172 Å². The van der Waals surface area contributed by atoms with E-state index < -0.39 is 0 Å². The van der Waals surface area contributed by atoms with Gasteiger partial charge in [-0.15, -0.1) is 0 Å². The van der Waals surface area contributed by atoms with E-state index in [1.807, 2.05) is 43.3 Å². The molecule has 0 aliphatic carbocycles. The first-order valence-electron chi connectivity index (χ1n) is 9.71. The van der Waals surface area contributed by atoms with Crippen molar-refractivity contribution in [1.29, 1.82) is 0 Å². The number of carbonyl (C=O) groups excluding carboxylic acids is 1. The topological polar surface area (TPSA) is 70.2 Å². The number of hydrogen-bond donors (Lipinski definition) is 2. The van der Waals surface area contributed by atoms with E-state index in [0.717, 1.165) is 29.6 Å². The van der Waals surface area contributed by atoms with Crippen molar-refractivity contribution in [2.75, 3.05) is 15.5 Å². The maximum atomic E-state index is 11.2. The van der Waals surface area contributed by atoms with Crippen molar-refractivity contribution < 1.29 is 4.79 Å². The van der Waals surface area contributed by atoms with Crippen molar-refractivity contribution >= 4 is 28.9 Å². The predicted molar refractivity (Wildman–Crippen MR) is 119 cm³/mol. The van der Waals surface area contributed by atoms with Crippen LogP contribution in [0.1, 0.15) is 32.2 Å². The summed E-state index contributed by atoms with van der Waals surface area (Å²) in [7, 11) is 0. The Morgan fingerprint density at radius 2 is 1.66 bits per heavy atom. The van der Waals surface area contributed by atoms with E-state index in [2.05, 4.69) is 63.6 Å². The number of nitrogens with one attached hydrogen (secondary N) is 2. The first kappa shape index (κ1) is 20.3. The first-order valence-corrected chi connectivity index (χ1v) is 9.71. The van der Waals surface area contributed by atoms with Crippen molar-refractivity contribution in [3.8, 4) is 0 Å². The van der Waals surface area contributed by atoms with Crippen molar-refractivity contribution in [2.24, 2.45) is 0 Å². The highest BCUT2D eigenvalue weighted by atomic mass is 16.1. The molecule has 0 saturated carbocycles. The molecule has 0 saturated heterocycles. The Kier molecular flexibility index (Phi) is 6.44. The molecule has 0 spiro atoms. The maximum absolute atomic E-state index is 11.2. The van der Waals surface area contributed by atoms with Gasteiger partial charge in [-0.05, 0) is 50.6 Å². The van der Waals surface area contributed by atoms with Gasteiger partial charge in [-0.1, -0.05) is 30.3 Å². The zero-order valence-corrected chi connectivity index (χ0v) is 17.3. The molecule has 1 aromatic heterocycles. The van der Waals surface area contributed by atoms with Gasteiger partial charge in [-0.2, -0.15) is 0 Å². The molecule has 2 N–H and O–H groups in total. The summed E-state index contributed by atoms with van der Waals surface area (Å²) in [6.07, 6.45) is 0. The van der Waals surface area contributed by atoms with Crippen LogP contribution < -0.4 is 15.5 Å². The highest BCUT2D eigenvalue weighted by molar-refractivity contribution is 5.88. The summed E-state index contributed by atoms with van der Waals surface area (Å²) in [4.78, 5) is 22.6. The molecule has 2 aromatic carbocycles. The molecule has 0 unspecified atom stereocenters. The van der Waals surface area contributed by atoms with E-state index in [4.69, 9.17) is 0 Å². The lowest BCUT2D eigenvalue weighted by Crippen LogP contribution is -2.31. The fraction of sp³-hybridized carbons (Fsp3) is 0.261. The van der Waals surface area contributed by atoms with E-state index >= 15 is 0 Å². The van der Waals surface area contributed by atoms with Gasteiger partial charge < -0.3 is 15.5 Å². The van der Waals surface area contributed by atoms with E-state index in [0.29, 0.717) is 5.82 Å². The van der Waals surface area contributed by atoms with Crippen LogP contribution in [-0.2, 0) is 11.3 Å². The summed E-state index contributed by atoms with van der Waals surface area (Å²) in [6, 6.07) is 20.2. The normalized spacial score (nSPS) is 10.7. The second kappa shape index (κ2) is 9.19. The molecule has 1 amide bonds. The fourth-order valence-corrected chi connectivity index (χ4v) is 3.06. The molecule has 29 heavy (non-hydrogen) atoms. The van der Waals surface area contributed by atoms with Gasteiger partial charge in [0.15, 0.2) is 0 Å². The minimum absolute atomic E-state index is 0.0889. The van der Waals surface area contributed by atoms with Crippen LogP contribution in [0.5, 0.6) is 0 Å². The molecule has 150 valence electrons. The quantitative estimate of drug-likeness (QED) is 0.601. The summed E-state index contributed by atoms with van der Waals surface area (Å²) < 4.78 is 0. The van der Waals surface area contributed by atoms with Crippen LogP contribution in [0.15, 0.2) is 60.7 Å². The number of carbonyl (C=O) groups is 1. The smallest absolute Gasteiger partial charge is 0.221 e. The molecule has 0 fully saturated rings. The lowest BCUT2D eigenvalue weighted by Gasteiger charge is -2.28. The summed E-state index contributed by atoms with van der Waals surface area (Å²) in [5.41, 5.74) is 2.89. The summed E-state index contributed by atoms with van der Waals surface area (Å²) in [5.74, 6) is 2.24. The van der Waals surface area contributed by atoms with Crippen LogP contribution in [0.2, 0.25) is 0 Å². The average molecular weight is 390 g/mol. The minimum atomic E-state index is -0.0889. The SMILES string of the molecule is CC(=O)Nc1ccc(Nc2cc(N(Cc3ccccc3)C(C)C)nc(C)n2)cc1. The molecule has 0 radical (unpaired) electrons. The van der Waals surface area contributed by atoms with Gasteiger partial charge in [-0.25, -0.2) is 9.97 Å². The van der Waals surface area contributed by atoms with E-state index in [-0.39, 0.29) is 11.9 Å². The summed E-state index contributed by atoms with van der Waals surface area (Å²) in [5, 5.41) is 6.10. The monoisotopic (exact) mass is 389 g/mol. The highest BCUT2D eigenvalue weighted by Crippen LogP contribution is 2.24. The zero-order valence-electron chi connectivity index (χ0n) is 17.3. The Morgan fingerprint density at radius 3 is 2.28 bits per heavy atom. The minimum Gasteiger partial charge on any atom is -0.350 e. The van der Waals surface area contributed by atoms with Gasteiger partial charge >= 0.3 is 0 Å². The Bertz CT molecular complexity index is 955. The molecular weight excluding hydrogens is 362 g/mol. The molecule has 0 bridgehead atoms.